The predicted molar refractivity (Wildman–Crippen MR) is 57.7 cm³/mol. The molecule has 0 unspecified atom stereocenters. The standard InChI is InChI=1S/C10H9F2NO3S/c11-6-1-2-8(7(12)3-6)17-5-9(14)13-4-10(15)16/h1-3H,4-5H2,(H,13,14)(H,15,16). The Kier molecular flexibility index (Phi) is 4.89. The maximum atomic E-state index is 13.1. The molecular formula is C10H9F2NO3S. The predicted octanol–water partition coefficient (Wildman–Crippen LogP) is 1.26. The van der Waals surface area contributed by atoms with Gasteiger partial charge in [0.2, 0.25) is 5.91 Å². The van der Waals surface area contributed by atoms with Gasteiger partial charge in [0.05, 0.1) is 5.75 Å². The van der Waals surface area contributed by atoms with Crippen LogP contribution >= 0.6 is 11.8 Å². The summed E-state index contributed by atoms with van der Waals surface area (Å²) in [5, 5.41) is 10.4. The second kappa shape index (κ2) is 6.19. The Labute approximate surface area is 100 Å². The maximum Gasteiger partial charge on any atom is 0.322 e. The fraction of sp³-hybridized carbons (Fsp3) is 0.200. The van der Waals surface area contributed by atoms with Gasteiger partial charge in [0.15, 0.2) is 0 Å². The van der Waals surface area contributed by atoms with Gasteiger partial charge < -0.3 is 10.4 Å². The van der Waals surface area contributed by atoms with E-state index in [1.54, 1.807) is 0 Å². The topological polar surface area (TPSA) is 66.4 Å². The molecule has 0 radical (unpaired) electrons. The highest BCUT2D eigenvalue weighted by Crippen LogP contribution is 2.21. The van der Waals surface area contributed by atoms with E-state index in [1.807, 2.05) is 0 Å². The largest absolute Gasteiger partial charge is 0.480 e. The van der Waals surface area contributed by atoms with E-state index in [4.69, 9.17) is 5.11 Å². The first-order valence-electron chi connectivity index (χ1n) is 4.55. The number of nitrogens with one attached hydrogen (secondary N) is 1. The van der Waals surface area contributed by atoms with Crippen LogP contribution in [0.25, 0.3) is 0 Å². The Morgan fingerprint density at radius 1 is 1.35 bits per heavy atom. The number of thioether (sulfide) groups is 1. The molecule has 4 nitrogen and oxygen atoms in total. The van der Waals surface area contributed by atoms with E-state index in [-0.39, 0.29) is 10.6 Å². The summed E-state index contributed by atoms with van der Waals surface area (Å²) in [7, 11) is 0. The fourth-order valence-electron chi connectivity index (χ4n) is 0.961. The van der Waals surface area contributed by atoms with Crippen LogP contribution in [0.3, 0.4) is 0 Å². The molecule has 0 spiro atoms. The van der Waals surface area contributed by atoms with Gasteiger partial charge in [-0.3, -0.25) is 9.59 Å². The first kappa shape index (κ1) is 13.4. The Morgan fingerprint density at radius 3 is 2.65 bits per heavy atom. The molecule has 0 aliphatic carbocycles. The Bertz CT molecular complexity index is 440. The molecule has 0 aliphatic heterocycles. The zero-order chi connectivity index (χ0) is 12.8. The molecule has 0 saturated carbocycles. The van der Waals surface area contributed by atoms with E-state index in [1.165, 1.54) is 6.07 Å². The van der Waals surface area contributed by atoms with Gasteiger partial charge >= 0.3 is 5.97 Å². The van der Waals surface area contributed by atoms with Gasteiger partial charge in [-0.25, -0.2) is 8.78 Å². The second-order valence-electron chi connectivity index (χ2n) is 3.03. The van der Waals surface area contributed by atoms with Gasteiger partial charge in [-0.1, -0.05) is 0 Å². The van der Waals surface area contributed by atoms with E-state index in [0.29, 0.717) is 0 Å². The lowest BCUT2D eigenvalue weighted by Gasteiger charge is -2.03. The summed E-state index contributed by atoms with van der Waals surface area (Å²) >= 11 is 0.869. The summed E-state index contributed by atoms with van der Waals surface area (Å²) in [4.78, 5) is 21.4. The number of carbonyl (C=O) groups is 2. The number of rotatable bonds is 5. The third kappa shape index (κ3) is 4.81. The molecule has 1 rings (SSSR count). The van der Waals surface area contributed by atoms with E-state index >= 15 is 0 Å². The minimum atomic E-state index is -1.16. The van der Waals surface area contributed by atoms with Gasteiger partial charge in [-0.05, 0) is 12.1 Å². The number of carboxylic acid groups (broad SMARTS) is 1. The number of aliphatic carboxylic acids is 1. The van der Waals surface area contributed by atoms with Crippen molar-refractivity contribution in [3.63, 3.8) is 0 Å². The van der Waals surface area contributed by atoms with Gasteiger partial charge in [0, 0.05) is 11.0 Å². The van der Waals surface area contributed by atoms with Crippen LogP contribution in [0, 0.1) is 11.6 Å². The molecule has 0 bridgehead atoms. The van der Waals surface area contributed by atoms with Crippen LogP contribution in [0.2, 0.25) is 0 Å². The molecule has 1 aromatic rings. The quantitative estimate of drug-likeness (QED) is 0.783. The van der Waals surface area contributed by atoms with Crippen molar-refractivity contribution in [3.05, 3.63) is 29.8 Å². The van der Waals surface area contributed by atoms with Crippen LogP contribution in [-0.4, -0.2) is 29.3 Å². The molecule has 0 fully saturated rings. The first-order chi connectivity index (χ1) is 7.99. The number of benzene rings is 1. The molecule has 1 amide bonds. The minimum Gasteiger partial charge on any atom is -0.480 e. The Balaban J connectivity index is 2.44. The van der Waals surface area contributed by atoms with Crippen molar-refractivity contribution in [1.29, 1.82) is 0 Å². The molecule has 7 heteroatoms. The summed E-state index contributed by atoms with van der Waals surface area (Å²) in [5.41, 5.74) is 0. The number of carbonyl (C=O) groups excluding carboxylic acids is 1. The maximum absolute atomic E-state index is 13.1. The fourth-order valence-corrected chi connectivity index (χ4v) is 1.71. The lowest BCUT2D eigenvalue weighted by Crippen LogP contribution is -2.30. The molecule has 92 valence electrons. The zero-order valence-electron chi connectivity index (χ0n) is 8.57. The van der Waals surface area contributed by atoms with Crippen molar-refractivity contribution in [1.82, 2.24) is 5.32 Å². The van der Waals surface area contributed by atoms with E-state index < -0.39 is 30.1 Å². The second-order valence-corrected chi connectivity index (χ2v) is 4.05. The Morgan fingerprint density at radius 2 is 2.06 bits per heavy atom. The van der Waals surface area contributed by atoms with Crippen LogP contribution in [-0.2, 0) is 9.59 Å². The summed E-state index contributed by atoms with van der Waals surface area (Å²) < 4.78 is 25.7. The van der Waals surface area contributed by atoms with Crippen molar-refractivity contribution in [2.75, 3.05) is 12.3 Å². The van der Waals surface area contributed by atoms with Crippen LogP contribution in [0.1, 0.15) is 0 Å². The van der Waals surface area contributed by atoms with Crippen LogP contribution in [0.15, 0.2) is 23.1 Å². The lowest BCUT2D eigenvalue weighted by atomic mass is 10.3. The average Bonchev–Trinajstić information content (AvgIpc) is 2.25. The van der Waals surface area contributed by atoms with Crippen molar-refractivity contribution in [3.8, 4) is 0 Å². The average molecular weight is 261 g/mol. The third-order valence-electron chi connectivity index (χ3n) is 1.69. The normalized spacial score (nSPS) is 10.0. The summed E-state index contributed by atoms with van der Waals surface area (Å²) in [5.74, 6) is -3.25. The summed E-state index contributed by atoms with van der Waals surface area (Å²) in [6, 6.07) is 3.03. The van der Waals surface area contributed by atoms with Gasteiger partial charge in [0.1, 0.15) is 18.2 Å². The molecule has 0 atom stereocenters. The number of hydrogen-bond donors (Lipinski definition) is 2. The zero-order valence-corrected chi connectivity index (χ0v) is 9.39. The lowest BCUT2D eigenvalue weighted by molar-refractivity contribution is -0.137. The molecule has 0 heterocycles. The molecule has 0 aliphatic rings. The molecular weight excluding hydrogens is 252 g/mol. The van der Waals surface area contributed by atoms with Crippen LogP contribution in [0.4, 0.5) is 8.78 Å². The van der Waals surface area contributed by atoms with Crippen molar-refractivity contribution < 1.29 is 23.5 Å². The first-order valence-corrected chi connectivity index (χ1v) is 5.54. The Hall–Kier alpha value is -1.63. The third-order valence-corrected chi connectivity index (χ3v) is 2.74. The molecule has 0 saturated heterocycles. The van der Waals surface area contributed by atoms with Crippen LogP contribution in [0.5, 0.6) is 0 Å². The molecule has 17 heavy (non-hydrogen) atoms. The molecule has 0 aromatic heterocycles. The van der Waals surface area contributed by atoms with E-state index in [9.17, 15) is 18.4 Å². The monoisotopic (exact) mass is 261 g/mol. The van der Waals surface area contributed by atoms with Gasteiger partial charge in [-0.15, -0.1) is 11.8 Å². The van der Waals surface area contributed by atoms with Crippen molar-refractivity contribution in [2.45, 2.75) is 4.90 Å². The highest BCUT2D eigenvalue weighted by Gasteiger charge is 2.08. The number of carboxylic acids is 1. The highest BCUT2D eigenvalue weighted by atomic mass is 32.2. The van der Waals surface area contributed by atoms with E-state index in [2.05, 4.69) is 5.32 Å². The minimum absolute atomic E-state index is 0.129. The van der Waals surface area contributed by atoms with Gasteiger partial charge in [0.25, 0.3) is 0 Å². The summed E-state index contributed by atoms with van der Waals surface area (Å²) in [6.07, 6.45) is 0. The number of amides is 1. The number of hydrogen-bond acceptors (Lipinski definition) is 3. The van der Waals surface area contributed by atoms with Gasteiger partial charge in [-0.2, -0.15) is 0 Å². The summed E-state index contributed by atoms with van der Waals surface area (Å²) in [6.45, 7) is -0.481. The van der Waals surface area contributed by atoms with E-state index in [0.717, 1.165) is 23.9 Å². The van der Waals surface area contributed by atoms with Crippen molar-refractivity contribution >= 4 is 23.6 Å². The van der Waals surface area contributed by atoms with Crippen molar-refractivity contribution in [2.24, 2.45) is 0 Å². The highest BCUT2D eigenvalue weighted by molar-refractivity contribution is 8.00. The number of halogens is 2. The van der Waals surface area contributed by atoms with Crippen LogP contribution < -0.4 is 5.32 Å². The SMILES string of the molecule is O=C(O)CNC(=O)CSc1ccc(F)cc1F. The smallest absolute Gasteiger partial charge is 0.322 e. The molecule has 1 aromatic carbocycles. The molecule has 2 N–H and O–H groups in total.